The molecule has 0 bridgehead atoms. The van der Waals surface area contributed by atoms with Crippen molar-refractivity contribution >= 4 is 17.3 Å². The second kappa shape index (κ2) is 7.46. The molecule has 1 amide bonds. The molecule has 0 saturated carbocycles. The quantitative estimate of drug-likeness (QED) is 0.637. The van der Waals surface area contributed by atoms with Crippen molar-refractivity contribution in [3.8, 4) is 5.75 Å². The van der Waals surface area contributed by atoms with E-state index in [4.69, 9.17) is 4.74 Å². The number of nitro benzene ring substituents is 1. The van der Waals surface area contributed by atoms with Gasteiger partial charge in [0.25, 0.3) is 11.6 Å². The van der Waals surface area contributed by atoms with Gasteiger partial charge >= 0.3 is 0 Å². The molecular formula is C20H20FN3O4. The van der Waals surface area contributed by atoms with Crippen molar-refractivity contribution in [2.75, 3.05) is 25.0 Å². The summed E-state index contributed by atoms with van der Waals surface area (Å²) in [4.78, 5) is 25.3. The highest BCUT2D eigenvalue weighted by atomic mass is 19.1. The average Bonchev–Trinajstić information content (AvgIpc) is 3.22. The summed E-state index contributed by atoms with van der Waals surface area (Å²) < 4.78 is 19.3. The van der Waals surface area contributed by atoms with Gasteiger partial charge in [0.05, 0.1) is 17.6 Å². The van der Waals surface area contributed by atoms with E-state index in [1.165, 1.54) is 24.3 Å². The van der Waals surface area contributed by atoms with E-state index in [0.29, 0.717) is 43.1 Å². The summed E-state index contributed by atoms with van der Waals surface area (Å²) in [7, 11) is 0. The lowest BCUT2D eigenvalue weighted by molar-refractivity contribution is -0.385. The first-order valence-electron chi connectivity index (χ1n) is 9.29. The number of anilines is 1. The normalized spacial score (nSPS) is 18.3. The van der Waals surface area contributed by atoms with Gasteiger partial charge in [-0.25, -0.2) is 4.39 Å². The predicted molar refractivity (Wildman–Crippen MR) is 101 cm³/mol. The van der Waals surface area contributed by atoms with Crippen LogP contribution in [0, 0.1) is 15.9 Å². The van der Waals surface area contributed by atoms with Crippen LogP contribution in [0.5, 0.6) is 5.75 Å². The van der Waals surface area contributed by atoms with Crippen molar-refractivity contribution in [1.82, 2.24) is 4.90 Å². The van der Waals surface area contributed by atoms with E-state index in [0.717, 1.165) is 12.8 Å². The van der Waals surface area contributed by atoms with Gasteiger partial charge in [-0.3, -0.25) is 14.9 Å². The Balaban J connectivity index is 1.64. The van der Waals surface area contributed by atoms with E-state index < -0.39 is 4.92 Å². The van der Waals surface area contributed by atoms with Crippen molar-refractivity contribution in [3.05, 3.63) is 63.5 Å². The minimum absolute atomic E-state index is 0.0726. The lowest BCUT2D eigenvalue weighted by atomic mass is 9.99. The highest BCUT2D eigenvalue weighted by Crippen LogP contribution is 2.36. The first-order chi connectivity index (χ1) is 13.5. The van der Waals surface area contributed by atoms with E-state index in [1.54, 1.807) is 17.0 Å². The number of hydrogen-bond donors (Lipinski definition) is 1. The number of halogens is 1. The summed E-state index contributed by atoms with van der Waals surface area (Å²) in [5.74, 6) is -0.0728. The monoisotopic (exact) mass is 385 g/mol. The molecule has 0 aromatic heterocycles. The van der Waals surface area contributed by atoms with Gasteiger partial charge in [0.2, 0.25) is 0 Å². The number of amides is 1. The van der Waals surface area contributed by atoms with E-state index >= 15 is 0 Å². The lowest BCUT2D eigenvalue weighted by Crippen LogP contribution is -2.28. The molecule has 1 unspecified atom stereocenters. The number of nitro groups is 1. The molecule has 7 nitrogen and oxygen atoms in total. The molecule has 4 rings (SSSR count). The zero-order valence-corrected chi connectivity index (χ0v) is 15.2. The summed E-state index contributed by atoms with van der Waals surface area (Å²) in [5, 5.41) is 14.7. The van der Waals surface area contributed by atoms with Crippen LogP contribution in [0.25, 0.3) is 0 Å². The van der Waals surface area contributed by atoms with Gasteiger partial charge in [-0.1, -0.05) is 0 Å². The zero-order valence-electron chi connectivity index (χ0n) is 15.2. The maximum Gasteiger partial charge on any atom is 0.282 e. The first-order valence-corrected chi connectivity index (χ1v) is 9.29. The smallest absolute Gasteiger partial charge is 0.282 e. The topological polar surface area (TPSA) is 84.7 Å². The van der Waals surface area contributed by atoms with Crippen molar-refractivity contribution in [1.29, 1.82) is 0 Å². The Bertz CT molecular complexity index is 928. The van der Waals surface area contributed by atoms with Gasteiger partial charge in [0.1, 0.15) is 17.1 Å². The van der Waals surface area contributed by atoms with Crippen LogP contribution >= 0.6 is 0 Å². The summed E-state index contributed by atoms with van der Waals surface area (Å²) in [6, 6.07) is 8.60. The van der Waals surface area contributed by atoms with Gasteiger partial charge in [-0.15, -0.1) is 0 Å². The molecule has 2 aliphatic heterocycles. The fourth-order valence-corrected chi connectivity index (χ4v) is 3.76. The van der Waals surface area contributed by atoms with Gasteiger partial charge < -0.3 is 15.0 Å². The fourth-order valence-electron chi connectivity index (χ4n) is 3.76. The Hall–Kier alpha value is -3.16. The minimum Gasteiger partial charge on any atom is -0.493 e. The molecule has 1 atom stereocenters. The maximum absolute atomic E-state index is 13.7. The van der Waals surface area contributed by atoms with E-state index in [9.17, 15) is 19.3 Å². The maximum atomic E-state index is 13.7. The molecule has 0 aliphatic carbocycles. The Labute approximate surface area is 161 Å². The number of hydrogen-bond acceptors (Lipinski definition) is 5. The van der Waals surface area contributed by atoms with Gasteiger partial charge in [-0.2, -0.15) is 0 Å². The highest BCUT2D eigenvalue weighted by Gasteiger charge is 2.28. The summed E-state index contributed by atoms with van der Waals surface area (Å²) in [6.07, 6.45) is 2.42. The standard InChI is InChI=1S/C20H20FN3O4/c21-13-3-6-19-15(11-13)17(7-10-28-19)22-14-4-5-18(24(26)27)16(12-14)20(25)23-8-1-2-9-23/h3-6,11-12,17,22H,1-2,7-10H2. The lowest BCUT2D eigenvalue weighted by Gasteiger charge is -2.27. The average molecular weight is 385 g/mol. The molecule has 8 heteroatoms. The van der Waals surface area contributed by atoms with Crippen molar-refractivity contribution in [2.24, 2.45) is 0 Å². The van der Waals surface area contributed by atoms with Crippen LogP contribution in [0.15, 0.2) is 36.4 Å². The molecule has 1 saturated heterocycles. The van der Waals surface area contributed by atoms with Crippen LogP contribution in [0.2, 0.25) is 0 Å². The molecule has 28 heavy (non-hydrogen) atoms. The van der Waals surface area contributed by atoms with E-state index in [2.05, 4.69) is 5.32 Å². The number of rotatable bonds is 4. The van der Waals surface area contributed by atoms with Gasteiger partial charge in [0.15, 0.2) is 0 Å². The Morgan fingerprint density at radius 1 is 1.21 bits per heavy atom. The van der Waals surface area contributed by atoms with Crippen LogP contribution < -0.4 is 10.1 Å². The molecule has 2 aromatic carbocycles. The molecule has 0 spiro atoms. The van der Waals surface area contributed by atoms with Crippen LogP contribution in [0.4, 0.5) is 15.8 Å². The molecule has 1 fully saturated rings. The van der Waals surface area contributed by atoms with Crippen LogP contribution in [-0.2, 0) is 0 Å². The molecule has 2 aliphatic rings. The number of carbonyl (C=O) groups excluding carboxylic acids is 1. The van der Waals surface area contributed by atoms with E-state index in [-0.39, 0.29) is 29.0 Å². The number of benzene rings is 2. The van der Waals surface area contributed by atoms with E-state index in [1.807, 2.05) is 0 Å². The molecule has 146 valence electrons. The molecule has 2 aromatic rings. The number of nitrogens with zero attached hydrogens (tertiary/aromatic N) is 2. The Morgan fingerprint density at radius 3 is 2.75 bits per heavy atom. The fraction of sp³-hybridized carbons (Fsp3) is 0.350. The van der Waals surface area contributed by atoms with Gasteiger partial charge in [-0.05, 0) is 43.2 Å². The molecule has 1 N–H and O–H groups in total. The largest absolute Gasteiger partial charge is 0.493 e. The minimum atomic E-state index is -0.536. The molecule has 2 heterocycles. The zero-order chi connectivity index (χ0) is 19.7. The highest BCUT2D eigenvalue weighted by molar-refractivity contribution is 5.99. The number of nitrogens with one attached hydrogen (secondary N) is 1. The van der Waals surface area contributed by atoms with Crippen molar-refractivity contribution in [3.63, 3.8) is 0 Å². The Morgan fingerprint density at radius 2 is 2.00 bits per heavy atom. The Kier molecular flexibility index (Phi) is 4.85. The number of carbonyl (C=O) groups is 1. The number of likely N-dealkylation sites (tertiary alicyclic amines) is 1. The second-order valence-corrected chi connectivity index (χ2v) is 7.00. The van der Waals surface area contributed by atoms with Crippen LogP contribution in [0.3, 0.4) is 0 Å². The summed E-state index contributed by atoms with van der Waals surface area (Å²) in [6.45, 7) is 1.70. The SMILES string of the molecule is O=C(c1cc(NC2CCOc3ccc(F)cc32)ccc1[N+](=O)[O-])N1CCCC1. The number of fused-ring (bicyclic) bond motifs is 1. The third kappa shape index (κ3) is 3.49. The third-order valence-electron chi connectivity index (χ3n) is 5.17. The summed E-state index contributed by atoms with van der Waals surface area (Å²) in [5.41, 5.74) is 1.14. The van der Waals surface area contributed by atoms with Crippen molar-refractivity contribution < 1.29 is 18.8 Å². The van der Waals surface area contributed by atoms with Gasteiger partial charge in [0, 0.05) is 36.8 Å². The van der Waals surface area contributed by atoms with Crippen LogP contribution in [0.1, 0.15) is 41.2 Å². The third-order valence-corrected chi connectivity index (χ3v) is 5.17. The predicted octanol–water partition coefficient (Wildman–Crippen LogP) is 3.91. The second-order valence-electron chi connectivity index (χ2n) is 7.00. The summed E-state index contributed by atoms with van der Waals surface area (Å²) >= 11 is 0. The number of ether oxygens (including phenoxy) is 1. The van der Waals surface area contributed by atoms with Crippen molar-refractivity contribution in [2.45, 2.75) is 25.3 Å². The van der Waals surface area contributed by atoms with Crippen LogP contribution in [-0.4, -0.2) is 35.4 Å². The molecular weight excluding hydrogens is 365 g/mol. The molecule has 0 radical (unpaired) electrons. The first kappa shape index (κ1) is 18.2.